The molecule has 0 bridgehead atoms. The first kappa shape index (κ1) is 22.5. The Morgan fingerprint density at radius 2 is 1.86 bits per heavy atom. The van der Waals surface area contributed by atoms with Crippen LogP contribution in [0.25, 0.3) is 16.7 Å². The Hall–Kier alpha value is -2.96. The molecule has 1 saturated carbocycles. The third-order valence-electron chi connectivity index (χ3n) is 7.00. The highest BCUT2D eigenvalue weighted by Crippen LogP contribution is 2.34. The van der Waals surface area contributed by atoms with Gasteiger partial charge in [-0.1, -0.05) is 6.07 Å². The van der Waals surface area contributed by atoms with Crippen LogP contribution in [0.2, 0.25) is 0 Å². The van der Waals surface area contributed by atoms with Crippen LogP contribution in [0.1, 0.15) is 18.4 Å². The quantitative estimate of drug-likeness (QED) is 0.564. The fourth-order valence-electron chi connectivity index (χ4n) is 4.89. The molecule has 1 aromatic carbocycles. The Bertz CT molecular complexity index is 1220. The number of aliphatic hydroxyl groups excluding tert-OH is 1. The van der Waals surface area contributed by atoms with Gasteiger partial charge in [0, 0.05) is 38.3 Å². The second kappa shape index (κ2) is 8.61. The summed E-state index contributed by atoms with van der Waals surface area (Å²) in [7, 11) is 0. The van der Waals surface area contributed by atoms with E-state index in [0.29, 0.717) is 41.7 Å². The van der Waals surface area contributed by atoms with Crippen LogP contribution in [0.4, 0.5) is 24.9 Å². The SMILES string of the molecule is OC1CC(Nc2nc(N3CC(N4CCOCC4)C3)c3cnn(-c4cccc(C(F)(F)F)c4)c3n2)C1. The summed E-state index contributed by atoms with van der Waals surface area (Å²) in [5, 5.41) is 18.0. The highest BCUT2D eigenvalue weighted by Gasteiger charge is 2.36. The topological polar surface area (TPSA) is 91.6 Å². The maximum absolute atomic E-state index is 13.3. The van der Waals surface area contributed by atoms with Gasteiger partial charge in [-0.2, -0.15) is 28.2 Å². The van der Waals surface area contributed by atoms with Crippen molar-refractivity contribution in [2.45, 2.75) is 37.2 Å². The van der Waals surface area contributed by atoms with Gasteiger partial charge in [0.15, 0.2) is 5.65 Å². The summed E-state index contributed by atoms with van der Waals surface area (Å²) in [5.74, 6) is 1.09. The van der Waals surface area contributed by atoms with E-state index in [9.17, 15) is 18.3 Å². The van der Waals surface area contributed by atoms with E-state index in [0.717, 1.165) is 51.5 Å². The van der Waals surface area contributed by atoms with Crippen molar-refractivity contribution in [2.75, 3.05) is 49.6 Å². The lowest BCUT2D eigenvalue weighted by Crippen LogP contribution is -2.61. The number of anilines is 2. The van der Waals surface area contributed by atoms with Crippen LogP contribution in [-0.4, -0.2) is 87.3 Å². The average molecular weight is 490 g/mol. The molecule has 2 aliphatic heterocycles. The van der Waals surface area contributed by atoms with Crippen molar-refractivity contribution >= 4 is 22.8 Å². The predicted octanol–water partition coefficient (Wildman–Crippen LogP) is 2.29. The standard InChI is InChI=1S/C23H26F3N7O2/c24-23(25,26)14-2-1-3-16(8-14)33-21-19(11-27-33)20(29-22(30-21)28-15-9-18(34)10-15)32-12-17(13-32)31-4-6-35-7-5-31/h1-3,8,11,15,17-18,34H,4-7,9-10,12-13H2,(H,28,29,30). The maximum Gasteiger partial charge on any atom is 0.416 e. The van der Waals surface area contributed by atoms with E-state index in [2.05, 4.69) is 25.2 Å². The summed E-state index contributed by atoms with van der Waals surface area (Å²) >= 11 is 0. The number of benzene rings is 1. The minimum Gasteiger partial charge on any atom is -0.393 e. The Labute approximate surface area is 199 Å². The maximum atomic E-state index is 13.3. The number of aliphatic hydroxyl groups is 1. The third kappa shape index (κ3) is 4.30. The Morgan fingerprint density at radius 1 is 1.09 bits per heavy atom. The molecule has 0 radical (unpaired) electrons. The van der Waals surface area contributed by atoms with Crippen molar-refractivity contribution in [1.29, 1.82) is 0 Å². The number of nitrogens with zero attached hydrogens (tertiary/aromatic N) is 6. The van der Waals surface area contributed by atoms with Crippen LogP contribution in [0, 0.1) is 0 Å². The summed E-state index contributed by atoms with van der Waals surface area (Å²) in [5.41, 5.74) is -0.0309. The smallest absolute Gasteiger partial charge is 0.393 e. The van der Waals surface area contributed by atoms with Gasteiger partial charge in [0.25, 0.3) is 0 Å². The molecule has 0 amide bonds. The minimum atomic E-state index is -4.46. The van der Waals surface area contributed by atoms with E-state index in [-0.39, 0.29) is 17.8 Å². The van der Waals surface area contributed by atoms with Crippen molar-refractivity contribution in [3.63, 3.8) is 0 Å². The van der Waals surface area contributed by atoms with Gasteiger partial charge >= 0.3 is 6.18 Å². The molecule has 35 heavy (non-hydrogen) atoms. The largest absolute Gasteiger partial charge is 0.416 e. The zero-order valence-electron chi connectivity index (χ0n) is 18.9. The molecule has 2 saturated heterocycles. The second-order valence-corrected chi connectivity index (χ2v) is 9.39. The Kier molecular flexibility index (Phi) is 5.53. The number of rotatable bonds is 5. The van der Waals surface area contributed by atoms with Crippen LogP contribution in [0.15, 0.2) is 30.5 Å². The molecule has 3 aliphatic rings. The average Bonchev–Trinajstić information content (AvgIpc) is 3.21. The van der Waals surface area contributed by atoms with Gasteiger partial charge in [-0.25, -0.2) is 4.68 Å². The van der Waals surface area contributed by atoms with E-state index in [1.165, 1.54) is 10.7 Å². The molecular weight excluding hydrogens is 463 g/mol. The van der Waals surface area contributed by atoms with Crippen LogP contribution in [0.5, 0.6) is 0 Å². The van der Waals surface area contributed by atoms with Crippen LogP contribution in [-0.2, 0) is 10.9 Å². The summed E-state index contributed by atoms with van der Waals surface area (Å²) < 4.78 is 46.8. The molecule has 3 aromatic rings. The monoisotopic (exact) mass is 489 g/mol. The van der Waals surface area contributed by atoms with E-state index >= 15 is 0 Å². The number of alkyl halides is 3. The molecule has 2 aromatic heterocycles. The number of hydrogen-bond acceptors (Lipinski definition) is 8. The van der Waals surface area contributed by atoms with E-state index in [1.54, 1.807) is 12.3 Å². The van der Waals surface area contributed by atoms with Gasteiger partial charge in [0.2, 0.25) is 5.95 Å². The molecule has 0 spiro atoms. The fraction of sp³-hybridized carbons (Fsp3) is 0.522. The second-order valence-electron chi connectivity index (χ2n) is 9.39. The zero-order valence-corrected chi connectivity index (χ0v) is 18.9. The molecule has 4 heterocycles. The Balaban J connectivity index is 1.34. The van der Waals surface area contributed by atoms with Crippen molar-refractivity contribution in [3.8, 4) is 5.69 Å². The number of nitrogens with one attached hydrogen (secondary N) is 1. The van der Waals surface area contributed by atoms with Gasteiger partial charge in [-0.3, -0.25) is 4.90 Å². The van der Waals surface area contributed by atoms with Crippen molar-refractivity contribution in [1.82, 2.24) is 24.6 Å². The minimum absolute atomic E-state index is 0.0534. The molecule has 3 fully saturated rings. The summed E-state index contributed by atoms with van der Waals surface area (Å²) in [4.78, 5) is 14.0. The van der Waals surface area contributed by atoms with Gasteiger partial charge in [-0.05, 0) is 31.0 Å². The zero-order chi connectivity index (χ0) is 24.2. The molecule has 2 N–H and O–H groups in total. The van der Waals surface area contributed by atoms with Crippen molar-refractivity contribution in [2.24, 2.45) is 0 Å². The van der Waals surface area contributed by atoms with Crippen LogP contribution in [0.3, 0.4) is 0 Å². The molecule has 0 unspecified atom stereocenters. The lowest BCUT2D eigenvalue weighted by Gasteiger charge is -2.47. The number of ether oxygens (including phenoxy) is 1. The number of aromatic nitrogens is 4. The first-order valence-electron chi connectivity index (χ1n) is 11.8. The van der Waals surface area contributed by atoms with Crippen molar-refractivity contribution in [3.05, 3.63) is 36.0 Å². The summed E-state index contributed by atoms with van der Waals surface area (Å²) in [6.45, 7) is 4.87. The first-order chi connectivity index (χ1) is 16.8. The van der Waals surface area contributed by atoms with Crippen LogP contribution < -0.4 is 10.2 Å². The number of hydrogen-bond donors (Lipinski definition) is 2. The molecule has 186 valence electrons. The molecule has 6 rings (SSSR count). The molecule has 12 heteroatoms. The van der Waals surface area contributed by atoms with Crippen LogP contribution >= 0.6 is 0 Å². The predicted molar refractivity (Wildman–Crippen MR) is 123 cm³/mol. The molecule has 9 nitrogen and oxygen atoms in total. The molecule has 0 atom stereocenters. The number of morpholine rings is 1. The molecular formula is C23H26F3N7O2. The first-order valence-corrected chi connectivity index (χ1v) is 11.8. The lowest BCUT2D eigenvalue weighted by atomic mass is 9.90. The molecule has 1 aliphatic carbocycles. The summed E-state index contributed by atoms with van der Waals surface area (Å²) in [6.07, 6.45) is -1.97. The van der Waals surface area contributed by atoms with Gasteiger partial charge in [0.1, 0.15) is 5.82 Å². The highest BCUT2D eigenvalue weighted by molar-refractivity contribution is 5.89. The number of halogens is 3. The lowest BCUT2D eigenvalue weighted by molar-refractivity contribution is -0.137. The highest BCUT2D eigenvalue weighted by atomic mass is 19.4. The number of fused-ring (bicyclic) bond motifs is 1. The normalized spacial score (nSPS) is 23.8. The van der Waals surface area contributed by atoms with E-state index in [4.69, 9.17) is 9.72 Å². The third-order valence-corrected chi connectivity index (χ3v) is 7.00. The van der Waals surface area contributed by atoms with Gasteiger partial charge in [-0.15, -0.1) is 0 Å². The Morgan fingerprint density at radius 3 is 2.57 bits per heavy atom. The van der Waals surface area contributed by atoms with E-state index in [1.807, 2.05) is 0 Å². The fourth-order valence-corrected chi connectivity index (χ4v) is 4.89. The van der Waals surface area contributed by atoms with E-state index < -0.39 is 11.7 Å². The van der Waals surface area contributed by atoms with Gasteiger partial charge < -0.3 is 20.1 Å². The van der Waals surface area contributed by atoms with Gasteiger partial charge in [0.05, 0.1) is 42.2 Å². The summed E-state index contributed by atoms with van der Waals surface area (Å²) in [6, 6.07) is 5.51. The van der Waals surface area contributed by atoms with Crippen molar-refractivity contribution < 1.29 is 23.0 Å².